The van der Waals surface area contributed by atoms with Crippen molar-refractivity contribution >= 4 is 10.9 Å². The Balaban J connectivity index is 1.34. The van der Waals surface area contributed by atoms with Gasteiger partial charge < -0.3 is 4.98 Å². The van der Waals surface area contributed by atoms with Gasteiger partial charge in [-0.2, -0.15) is 0 Å². The van der Waals surface area contributed by atoms with Crippen LogP contribution in [0.1, 0.15) is 34.1 Å². The highest BCUT2D eigenvalue weighted by Gasteiger charge is 2.32. The molecule has 1 N–H and O–H groups in total. The number of nitrogens with one attached hydrogen (secondary N) is 1. The van der Waals surface area contributed by atoms with Crippen molar-refractivity contribution in [2.24, 2.45) is 0 Å². The van der Waals surface area contributed by atoms with Crippen LogP contribution in [0.25, 0.3) is 10.9 Å². The number of nitrogens with zero attached hydrogens (tertiary/aromatic N) is 6. The first-order valence-corrected chi connectivity index (χ1v) is 13.2. The lowest BCUT2D eigenvalue weighted by atomic mass is 10.0. The van der Waals surface area contributed by atoms with Crippen LogP contribution >= 0.6 is 0 Å². The molecule has 9 heteroatoms. The van der Waals surface area contributed by atoms with Crippen LogP contribution in [-0.2, 0) is 13.1 Å². The zero-order valence-corrected chi connectivity index (χ0v) is 21.8. The number of aromatic amines is 1. The first-order valence-electron chi connectivity index (χ1n) is 13.2. The monoisotopic (exact) mass is 523 g/mol. The second-order valence-corrected chi connectivity index (χ2v) is 10.2. The zero-order chi connectivity index (χ0) is 26.8. The molecule has 0 radical (unpaired) electrons. The molecular formula is C30H30FN7O. The maximum atomic E-state index is 13.5. The summed E-state index contributed by atoms with van der Waals surface area (Å²) in [6, 6.07) is 24.3. The maximum absolute atomic E-state index is 13.5. The van der Waals surface area contributed by atoms with Crippen LogP contribution in [0, 0.1) is 12.7 Å². The standard InChI is InChI=1S/C30H30FN7O/c1-21-7-10-24-18-26(30(39)32-27(24)17-21)28(29-33-34-35-38(29)20-23-8-11-25(31)12-9-23)37-15-13-36(14-16-37)19-22-5-3-2-4-6-22/h2-12,17-18,28H,13-16,19-20H2,1H3,(H,32,39). The summed E-state index contributed by atoms with van der Waals surface area (Å²) >= 11 is 0. The Bertz CT molecular complexity index is 1620. The quantitative estimate of drug-likeness (QED) is 0.348. The Morgan fingerprint density at radius 3 is 2.41 bits per heavy atom. The number of halogens is 1. The number of hydrogen-bond acceptors (Lipinski definition) is 6. The van der Waals surface area contributed by atoms with Crippen LogP contribution in [0.15, 0.2) is 83.7 Å². The fourth-order valence-electron chi connectivity index (χ4n) is 5.34. The molecule has 2 aromatic heterocycles. The molecule has 1 unspecified atom stereocenters. The molecule has 1 aliphatic rings. The van der Waals surface area contributed by atoms with Crippen LogP contribution in [0.5, 0.6) is 0 Å². The van der Waals surface area contributed by atoms with Gasteiger partial charge in [0.2, 0.25) is 0 Å². The molecule has 0 spiro atoms. The summed E-state index contributed by atoms with van der Waals surface area (Å²) < 4.78 is 15.2. The van der Waals surface area contributed by atoms with E-state index in [1.807, 2.05) is 37.3 Å². The average Bonchev–Trinajstić information content (AvgIpc) is 3.39. The van der Waals surface area contributed by atoms with Gasteiger partial charge in [-0.1, -0.05) is 54.6 Å². The second kappa shape index (κ2) is 10.9. The Kier molecular flexibility index (Phi) is 7.00. The summed E-state index contributed by atoms with van der Waals surface area (Å²) in [5, 5.41) is 13.6. The topological polar surface area (TPSA) is 82.9 Å². The van der Waals surface area contributed by atoms with Crippen molar-refractivity contribution in [1.29, 1.82) is 0 Å². The first-order chi connectivity index (χ1) is 19.0. The number of fused-ring (bicyclic) bond motifs is 1. The molecule has 5 aromatic rings. The van der Waals surface area contributed by atoms with E-state index in [0.29, 0.717) is 17.9 Å². The van der Waals surface area contributed by atoms with Crippen molar-refractivity contribution < 1.29 is 4.39 Å². The van der Waals surface area contributed by atoms with Crippen LogP contribution < -0.4 is 5.56 Å². The van der Waals surface area contributed by atoms with Gasteiger partial charge in [0.15, 0.2) is 5.82 Å². The number of benzene rings is 3. The number of tetrazole rings is 1. The third kappa shape index (κ3) is 5.50. The molecule has 1 aliphatic heterocycles. The van der Waals surface area contributed by atoms with Crippen LogP contribution in [0.3, 0.4) is 0 Å². The minimum absolute atomic E-state index is 0.152. The van der Waals surface area contributed by atoms with Gasteiger partial charge in [0.05, 0.1) is 6.54 Å². The van der Waals surface area contributed by atoms with Crippen molar-refractivity contribution in [1.82, 2.24) is 35.0 Å². The van der Waals surface area contributed by atoms with E-state index in [1.54, 1.807) is 16.8 Å². The van der Waals surface area contributed by atoms with E-state index in [2.05, 4.69) is 54.6 Å². The molecule has 198 valence electrons. The summed E-state index contributed by atoms with van der Waals surface area (Å²) in [6.07, 6.45) is 0. The van der Waals surface area contributed by atoms with E-state index < -0.39 is 6.04 Å². The van der Waals surface area contributed by atoms with Gasteiger partial charge >= 0.3 is 0 Å². The van der Waals surface area contributed by atoms with Crippen molar-refractivity contribution in [2.75, 3.05) is 26.2 Å². The highest BCUT2D eigenvalue weighted by atomic mass is 19.1. The second-order valence-electron chi connectivity index (χ2n) is 10.2. The molecule has 6 rings (SSSR count). The van der Waals surface area contributed by atoms with E-state index >= 15 is 0 Å². The van der Waals surface area contributed by atoms with Crippen LogP contribution in [-0.4, -0.2) is 61.2 Å². The minimum atomic E-state index is -0.436. The van der Waals surface area contributed by atoms with Crippen molar-refractivity contribution in [3.63, 3.8) is 0 Å². The normalized spacial score (nSPS) is 15.5. The minimum Gasteiger partial charge on any atom is -0.322 e. The maximum Gasteiger partial charge on any atom is 0.253 e. The van der Waals surface area contributed by atoms with Gasteiger partial charge in [0, 0.05) is 43.8 Å². The fourth-order valence-corrected chi connectivity index (χ4v) is 5.34. The smallest absolute Gasteiger partial charge is 0.253 e. The van der Waals surface area contributed by atoms with Crippen LogP contribution in [0.2, 0.25) is 0 Å². The predicted octanol–water partition coefficient (Wildman–Crippen LogP) is 3.92. The fraction of sp³-hybridized carbons (Fsp3) is 0.267. The summed E-state index contributed by atoms with van der Waals surface area (Å²) in [5.74, 6) is 0.299. The lowest BCUT2D eigenvalue weighted by Crippen LogP contribution is -2.48. The zero-order valence-electron chi connectivity index (χ0n) is 21.8. The lowest BCUT2D eigenvalue weighted by Gasteiger charge is -2.38. The summed E-state index contributed by atoms with van der Waals surface area (Å²) in [7, 11) is 0. The summed E-state index contributed by atoms with van der Waals surface area (Å²) in [4.78, 5) is 21.3. The van der Waals surface area contributed by atoms with E-state index in [4.69, 9.17) is 0 Å². The molecule has 3 aromatic carbocycles. The van der Waals surface area contributed by atoms with E-state index in [9.17, 15) is 9.18 Å². The summed E-state index contributed by atoms with van der Waals surface area (Å²) in [6.45, 7) is 6.49. The van der Waals surface area contributed by atoms with Gasteiger partial charge in [0.25, 0.3) is 5.56 Å². The largest absolute Gasteiger partial charge is 0.322 e. The molecule has 0 aliphatic carbocycles. The van der Waals surface area contributed by atoms with E-state index in [-0.39, 0.29) is 11.4 Å². The number of rotatable bonds is 7. The molecule has 0 bridgehead atoms. The molecule has 8 nitrogen and oxygen atoms in total. The Labute approximate surface area is 225 Å². The molecule has 1 fully saturated rings. The number of piperazine rings is 1. The highest BCUT2D eigenvalue weighted by Crippen LogP contribution is 2.28. The van der Waals surface area contributed by atoms with E-state index in [0.717, 1.165) is 54.8 Å². The Hall–Kier alpha value is -4.21. The average molecular weight is 524 g/mol. The molecular weight excluding hydrogens is 493 g/mol. The molecule has 1 saturated heterocycles. The van der Waals surface area contributed by atoms with Gasteiger partial charge in [-0.25, -0.2) is 9.07 Å². The SMILES string of the molecule is Cc1ccc2cc(C(c3nnnn3Cc3ccc(F)cc3)N3CCN(Cc4ccccc4)CC3)c(=O)[nH]c2c1. The van der Waals surface area contributed by atoms with Gasteiger partial charge in [-0.15, -0.1) is 5.10 Å². The van der Waals surface area contributed by atoms with Gasteiger partial charge in [-0.05, 0) is 63.7 Å². The summed E-state index contributed by atoms with van der Waals surface area (Å²) in [5.41, 5.74) is 4.51. The molecule has 0 saturated carbocycles. The van der Waals surface area contributed by atoms with Gasteiger partial charge in [-0.3, -0.25) is 14.6 Å². The van der Waals surface area contributed by atoms with Crippen molar-refractivity contribution in [2.45, 2.75) is 26.1 Å². The van der Waals surface area contributed by atoms with E-state index in [1.165, 1.54) is 17.7 Å². The Morgan fingerprint density at radius 1 is 0.897 bits per heavy atom. The molecule has 0 amide bonds. The molecule has 39 heavy (non-hydrogen) atoms. The number of hydrogen-bond donors (Lipinski definition) is 1. The van der Waals surface area contributed by atoms with Crippen molar-refractivity contribution in [3.05, 3.63) is 123 Å². The third-order valence-corrected chi connectivity index (χ3v) is 7.40. The number of aryl methyl sites for hydroxylation is 1. The number of aromatic nitrogens is 5. The van der Waals surface area contributed by atoms with Crippen molar-refractivity contribution in [3.8, 4) is 0 Å². The lowest BCUT2D eigenvalue weighted by molar-refractivity contribution is 0.0998. The third-order valence-electron chi connectivity index (χ3n) is 7.40. The Morgan fingerprint density at radius 2 is 1.64 bits per heavy atom. The highest BCUT2D eigenvalue weighted by molar-refractivity contribution is 5.79. The number of pyridine rings is 1. The number of H-pyrrole nitrogens is 1. The van der Waals surface area contributed by atoms with Crippen LogP contribution in [0.4, 0.5) is 4.39 Å². The molecule has 1 atom stereocenters. The molecule has 3 heterocycles. The van der Waals surface area contributed by atoms with Gasteiger partial charge in [0.1, 0.15) is 11.9 Å². The predicted molar refractivity (Wildman–Crippen MR) is 148 cm³/mol. The first kappa shape index (κ1) is 25.1.